The Kier molecular flexibility index (Phi) is 3.24. The minimum atomic E-state index is 0.672. The molecule has 1 aliphatic carbocycles. The van der Waals surface area contributed by atoms with Gasteiger partial charge in [-0.3, -0.25) is 4.98 Å². The standard InChI is InChI=1S/C20H17N3/c21-12-13-5-7-14(8-6-13)15-9-10-17-19(11-15)23-18-4-2-1-3-16(18)20(17)22/h5-11H,1-4H2,(H2,22,23). The normalized spacial score (nSPS) is 13.5. The van der Waals surface area contributed by atoms with E-state index in [2.05, 4.69) is 24.3 Å². The first kappa shape index (κ1) is 13.8. The largest absolute Gasteiger partial charge is 0.398 e. The molecule has 2 aromatic carbocycles. The molecule has 1 aromatic heterocycles. The van der Waals surface area contributed by atoms with E-state index in [1.807, 2.05) is 24.3 Å². The van der Waals surface area contributed by atoms with Crippen LogP contribution in [0.4, 0.5) is 5.69 Å². The molecule has 0 fully saturated rings. The molecule has 3 aromatic rings. The van der Waals surface area contributed by atoms with Gasteiger partial charge < -0.3 is 5.73 Å². The maximum Gasteiger partial charge on any atom is 0.0991 e. The highest BCUT2D eigenvalue weighted by Crippen LogP contribution is 2.33. The highest BCUT2D eigenvalue weighted by molar-refractivity contribution is 5.94. The number of nitrogens with two attached hydrogens (primary N) is 1. The zero-order valence-corrected chi connectivity index (χ0v) is 12.8. The minimum Gasteiger partial charge on any atom is -0.398 e. The number of fused-ring (bicyclic) bond motifs is 2. The summed E-state index contributed by atoms with van der Waals surface area (Å²) in [6, 6.07) is 16.0. The third kappa shape index (κ3) is 2.33. The van der Waals surface area contributed by atoms with Crippen molar-refractivity contribution in [2.24, 2.45) is 0 Å². The maximum atomic E-state index is 8.91. The van der Waals surface area contributed by atoms with Gasteiger partial charge in [0.2, 0.25) is 0 Å². The van der Waals surface area contributed by atoms with E-state index >= 15 is 0 Å². The van der Waals surface area contributed by atoms with Crippen LogP contribution in [-0.4, -0.2) is 4.98 Å². The smallest absolute Gasteiger partial charge is 0.0991 e. The van der Waals surface area contributed by atoms with Gasteiger partial charge in [0.1, 0.15) is 0 Å². The topological polar surface area (TPSA) is 62.7 Å². The molecule has 0 saturated heterocycles. The number of pyridine rings is 1. The van der Waals surface area contributed by atoms with Gasteiger partial charge in [-0.1, -0.05) is 24.3 Å². The predicted molar refractivity (Wildman–Crippen MR) is 92.9 cm³/mol. The minimum absolute atomic E-state index is 0.672. The van der Waals surface area contributed by atoms with E-state index in [9.17, 15) is 0 Å². The molecule has 1 aliphatic rings. The Morgan fingerprint density at radius 3 is 2.48 bits per heavy atom. The second-order valence-electron chi connectivity index (χ2n) is 6.08. The third-order valence-corrected chi connectivity index (χ3v) is 4.65. The van der Waals surface area contributed by atoms with Crippen LogP contribution in [0.5, 0.6) is 0 Å². The number of nitriles is 1. The molecule has 0 bridgehead atoms. The number of nitrogen functional groups attached to an aromatic ring is 1. The average Bonchev–Trinajstić information content (AvgIpc) is 2.61. The van der Waals surface area contributed by atoms with Crippen LogP contribution in [0, 0.1) is 11.3 Å². The molecule has 1 heterocycles. The van der Waals surface area contributed by atoms with Gasteiger partial charge >= 0.3 is 0 Å². The number of rotatable bonds is 1. The van der Waals surface area contributed by atoms with Crippen molar-refractivity contribution in [1.29, 1.82) is 5.26 Å². The molecule has 0 amide bonds. The predicted octanol–water partition coefficient (Wildman–Crippen LogP) is 4.23. The molecule has 0 aliphatic heterocycles. The molecule has 2 N–H and O–H groups in total. The van der Waals surface area contributed by atoms with Crippen LogP contribution in [0.3, 0.4) is 0 Å². The number of anilines is 1. The van der Waals surface area contributed by atoms with Crippen LogP contribution < -0.4 is 5.73 Å². The summed E-state index contributed by atoms with van der Waals surface area (Å²) in [5.41, 5.74) is 13.5. The highest BCUT2D eigenvalue weighted by Gasteiger charge is 2.16. The summed E-state index contributed by atoms with van der Waals surface area (Å²) >= 11 is 0. The Labute approximate surface area is 135 Å². The number of hydrogen-bond donors (Lipinski definition) is 1. The van der Waals surface area contributed by atoms with Crippen LogP contribution in [0.25, 0.3) is 22.0 Å². The average molecular weight is 299 g/mol. The van der Waals surface area contributed by atoms with Gasteiger partial charge in [0, 0.05) is 16.8 Å². The lowest BCUT2D eigenvalue weighted by Gasteiger charge is -2.18. The van der Waals surface area contributed by atoms with E-state index in [0.717, 1.165) is 40.6 Å². The van der Waals surface area contributed by atoms with Gasteiger partial charge in [-0.15, -0.1) is 0 Å². The van der Waals surface area contributed by atoms with Gasteiger partial charge in [-0.25, -0.2) is 0 Å². The fourth-order valence-electron chi connectivity index (χ4n) is 3.38. The SMILES string of the molecule is N#Cc1ccc(-c2ccc3c(N)c4c(nc3c2)CCCC4)cc1. The molecule has 0 spiro atoms. The lowest BCUT2D eigenvalue weighted by atomic mass is 9.92. The van der Waals surface area contributed by atoms with Crippen molar-refractivity contribution in [3.05, 3.63) is 59.3 Å². The fourth-order valence-corrected chi connectivity index (χ4v) is 3.38. The van der Waals surface area contributed by atoms with E-state index < -0.39 is 0 Å². The van der Waals surface area contributed by atoms with Crippen molar-refractivity contribution in [2.75, 3.05) is 5.73 Å². The first-order chi connectivity index (χ1) is 11.3. The molecule has 0 unspecified atom stereocenters. The number of hydrogen-bond acceptors (Lipinski definition) is 3. The quantitative estimate of drug-likeness (QED) is 0.731. The lowest BCUT2D eigenvalue weighted by Crippen LogP contribution is -2.09. The van der Waals surface area contributed by atoms with Gasteiger partial charge in [-0.05, 0) is 60.6 Å². The Balaban J connectivity index is 1.85. The van der Waals surface area contributed by atoms with Gasteiger partial charge in [0.15, 0.2) is 0 Å². The molecular weight excluding hydrogens is 282 g/mol. The van der Waals surface area contributed by atoms with Crippen molar-refractivity contribution >= 4 is 16.6 Å². The van der Waals surface area contributed by atoms with E-state index in [1.54, 1.807) is 0 Å². The number of nitrogens with zero attached hydrogens (tertiary/aromatic N) is 2. The molecule has 23 heavy (non-hydrogen) atoms. The highest BCUT2D eigenvalue weighted by atomic mass is 14.7. The molecule has 4 rings (SSSR count). The summed E-state index contributed by atoms with van der Waals surface area (Å²) in [5.74, 6) is 0. The molecule has 3 nitrogen and oxygen atoms in total. The number of benzene rings is 2. The Morgan fingerprint density at radius 2 is 1.70 bits per heavy atom. The third-order valence-electron chi connectivity index (χ3n) is 4.65. The van der Waals surface area contributed by atoms with Crippen molar-refractivity contribution < 1.29 is 0 Å². The summed E-state index contributed by atoms with van der Waals surface area (Å²) in [4.78, 5) is 4.86. The first-order valence-electron chi connectivity index (χ1n) is 7.98. The Morgan fingerprint density at radius 1 is 0.957 bits per heavy atom. The van der Waals surface area contributed by atoms with Gasteiger partial charge in [0.25, 0.3) is 0 Å². The monoisotopic (exact) mass is 299 g/mol. The van der Waals surface area contributed by atoms with Gasteiger partial charge in [0.05, 0.1) is 17.1 Å². The summed E-state index contributed by atoms with van der Waals surface area (Å²) in [6.45, 7) is 0. The van der Waals surface area contributed by atoms with E-state index in [-0.39, 0.29) is 0 Å². The summed E-state index contributed by atoms with van der Waals surface area (Å²) in [5, 5.41) is 9.95. The summed E-state index contributed by atoms with van der Waals surface area (Å²) in [7, 11) is 0. The second-order valence-corrected chi connectivity index (χ2v) is 6.08. The molecule has 112 valence electrons. The molecule has 0 saturated carbocycles. The fraction of sp³-hybridized carbons (Fsp3) is 0.200. The van der Waals surface area contributed by atoms with E-state index in [0.29, 0.717) is 5.56 Å². The summed E-state index contributed by atoms with van der Waals surface area (Å²) < 4.78 is 0. The second kappa shape index (κ2) is 5.40. The Hall–Kier alpha value is -2.86. The zero-order valence-electron chi connectivity index (χ0n) is 12.8. The van der Waals surface area contributed by atoms with Crippen LogP contribution in [0.2, 0.25) is 0 Å². The first-order valence-corrected chi connectivity index (χ1v) is 7.98. The van der Waals surface area contributed by atoms with Crippen molar-refractivity contribution in [3.63, 3.8) is 0 Å². The summed E-state index contributed by atoms with van der Waals surface area (Å²) in [6.07, 6.45) is 4.46. The zero-order chi connectivity index (χ0) is 15.8. The molecular formula is C20H17N3. The molecule has 0 atom stereocenters. The van der Waals surface area contributed by atoms with Crippen molar-refractivity contribution in [3.8, 4) is 17.2 Å². The van der Waals surface area contributed by atoms with Crippen LogP contribution >= 0.6 is 0 Å². The number of aryl methyl sites for hydroxylation is 1. The van der Waals surface area contributed by atoms with Crippen LogP contribution in [-0.2, 0) is 12.8 Å². The van der Waals surface area contributed by atoms with E-state index in [1.165, 1.54) is 24.1 Å². The van der Waals surface area contributed by atoms with Crippen molar-refractivity contribution in [1.82, 2.24) is 4.98 Å². The lowest BCUT2D eigenvalue weighted by molar-refractivity contribution is 0.673. The Bertz CT molecular complexity index is 934. The maximum absolute atomic E-state index is 8.91. The van der Waals surface area contributed by atoms with Crippen molar-refractivity contribution in [2.45, 2.75) is 25.7 Å². The van der Waals surface area contributed by atoms with Crippen LogP contribution in [0.1, 0.15) is 29.7 Å². The van der Waals surface area contributed by atoms with Gasteiger partial charge in [-0.2, -0.15) is 5.26 Å². The molecule has 0 radical (unpaired) electrons. The van der Waals surface area contributed by atoms with E-state index in [4.69, 9.17) is 16.0 Å². The number of aromatic nitrogens is 1. The molecule has 3 heteroatoms. The van der Waals surface area contributed by atoms with Crippen LogP contribution in [0.15, 0.2) is 42.5 Å².